The zero-order chi connectivity index (χ0) is 29.3. The van der Waals surface area contributed by atoms with Crippen LogP contribution in [-0.2, 0) is 22.5 Å². The number of amides is 1. The fourth-order valence-corrected chi connectivity index (χ4v) is 6.84. The van der Waals surface area contributed by atoms with Gasteiger partial charge in [-0.1, -0.05) is 17.7 Å². The molecule has 0 aliphatic carbocycles. The average Bonchev–Trinajstić information content (AvgIpc) is 3.63. The summed E-state index contributed by atoms with van der Waals surface area (Å²) in [6.45, 7) is 6.46. The fraction of sp³-hybridized carbons (Fsp3) is 0.300. The lowest BCUT2D eigenvalue weighted by Crippen LogP contribution is -2.43. The van der Waals surface area contributed by atoms with Crippen molar-refractivity contribution < 1.29 is 14.3 Å². The number of nitrogens with zero attached hydrogens (tertiary/aromatic N) is 7. The van der Waals surface area contributed by atoms with Crippen LogP contribution in [0.3, 0.4) is 0 Å². The molecule has 1 saturated heterocycles. The van der Waals surface area contributed by atoms with E-state index in [-0.39, 0.29) is 5.91 Å². The number of aromatic nitrogens is 5. The molecule has 1 N–H and O–H groups in total. The summed E-state index contributed by atoms with van der Waals surface area (Å²) < 4.78 is 13.1. The summed E-state index contributed by atoms with van der Waals surface area (Å²) in [4.78, 5) is 32.5. The molecular weight excluding hydrogens is 588 g/mol. The summed E-state index contributed by atoms with van der Waals surface area (Å²) in [5, 5.41) is 9.00. The lowest BCUT2D eigenvalue weighted by Gasteiger charge is -2.32. The van der Waals surface area contributed by atoms with Gasteiger partial charge in [-0.15, -0.1) is 11.3 Å². The third kappa shape index (κ3) is 5.78. The Morgan fingerprint density at radius 1 is 1.21 bits per heavy atom. The van der Waals surface area contributed by atoms with Crippen molar-refractivity contribution in [2.75, 3.05) is 38.2 Å². The van der Waals surface area contributed by atoms with Crippen LogP contribution >= 0.6 is 22.9 Å². The maximum Gasteiger partial charge on any atom is 0.246 e. The number of rotatable bonds is 7. The van der Waals surface area contributed by atoms with E-state index in [1.807, 2.05) is 41.3 Å². The number of carbonyl (C=O) groups excluding carboxylic acids is 1. The zero-order valence-corrected chi connectivity index (χ0v) is 25.0. The second kappa shape index (κ2) is 11.9. The second-order valence-electron chi connectivity index (χ2n) is 10.5. The minimum atomic E-state index is 0.0339. The number of benzene rings is 1. The largest absolute Gasteiger partial charge is 0.454 e. The minimum absolute atomic E-state index is 0.0339. The molecule has 0 spiro atoms. The van der Waals surface area contributed by atoms with E-state index in [1.165, 1.54) is 11.9 Å². The number of halogens is 1. The molecular formula is C30H29ClN8O3S. The van der Waals surface area contributed by atoms with Crippen molar-refractivity contribution >= 4 is 56.2 Å². The molecule has 11 nitrogen and oxygen atoms in total. The first-order valence-corrected chi connectivity index (χ1v) is 15.3. The van der Waals surface area contributed by atoms with E-state index in [9.17, 15) is 4.79 Å². The molecule has 2 aliphatic rings. The number of hydrogen-bond donors (Lipinski definition) is 1. The molecule has 43 heavy (non-hydrogen) atoms. The Labute approximate surface area is 256 Å². The van der Waals surface area contributed by atoms with Crippen molar-refractivity contribution in [2.45, 2.75) is 25.9 Å². The van der Waals surface area contributed by atoms with E-state index in [0.29, 0.717) is 41.5 Å². The van der Waals surface area contributed by atoms with Gasteiger partial charge in [-0.3, -0.25) is 9.69 Å². The van der Waals surface area contributed by atoms with Gasteiger partial charge in [0.2, 0.25) is 5.91 Å². The molecule has 1 fully saturated rings. The van der Waals surface area contributed by atoms with Crippen LogP contribution in [0.5, 0.6) is 11.5 Å². The van der Waals surface area contributed by atoms with Crippen molar-refractivity contribution in [1.29, 1.82) is 0 Å². The summed E-state index contributed by atoms with van der Waals surface area (Å²) in [6, 6.07) is 9.52. The molecule has 13 heteroatoms. The van der Waals surface area contributed by atoms with Gasteiger partial charge < -0.3 is 19.7 Å². The van der Waals surface area contributed by atoms with Crippen molar-refractivity contribution in [3.63, 3.8) is 0 Å². The maximum absolute atomic E-state index is 13.0. The molecule has 0 bridgehead atoms. The van der Waals surface area contributed by atoms with Gasteiger partial charge in [-0.05, 0) is 49.2 Å². The highest BCUT2D eigenvalue weighted by atomic mass is 35.5. The first-order valence-electron chi connectivity index (χ1n) is 14.1. The minimum Gasteiger partial charge on any atom is -0.454 e. The smallest absolute Gasteiger partial charge is 0.246 e. The second-order valence-corrected chi connectivity index (χ2v) is 12.0. The number of morpholine rings is 1. The van der Waals surface area contributed by atoms with Crippen molar-refractivity contribution in [3.05, 3.63) is 76.8 Å². The van der Waals surface area contributed by atoms with Crippen molar-refractivity contribution in [3.8, 4) is 11.5 Å². The topological polar surface area (TPSA) is 110 Å². The third-order valence-electron chi connectivity index (χ3n) is 7.72. The van der Waals surface area contributed by atoms with Crippen LogP contribution in [0.25, 0.3) is 15.9 Å². The summed E-state index contributed by atoms with van der Waals surface area (Å²) in [5.41, 5.74) is 2.69. The molecule has 1 aromatic carbocycles. The first kappa shape index (κ1) is 27.7. The van der Waals surface area contributed by atoms with Gasteiger partial charge in [0, 0.05) is 42.3 Å². The highest BCUT2D eigenvalue weighted by Crippen LogP contribution is 2.39. The van der Waals surface area contributed by atoms with Crippen LogP contribution in [0.15, 0.2) is 61.3 Å². The van der Waals surface area contributed by atoms with Crippen LogP contribution in [-0.4, -0.2) is 79.2 Å². The predicted molar refractivity (Wildman–Crippen MR) is 165 cm³/mol. The molecule has 1 amide bonds. The van der Waals surface area contributed by atoms with Crippen molar-refractivity contribution in [1.82, 2.24) is 34.4 Å². The quantitative estimate of drug-likeness (QED) is 0.250. The van der Waals surface area contributed by atoms with Gasteiger partial charge in [0.15, 0.2) is 5.65 Å². The number of anilines is 2. The van der Waals surface area contributed by atoms with Crippen LogP contribution in [0.2, 0.25) is 5.02 Å². The van der Waals surface area contributed by atoms with Gasteiger partial charge >= 0.3 is 0 Å². The molecule has 6 heterocycles. The molecule has 4 aromatic heterocycles. The first-order chi connectivity index (χ1) is 21.0. The number of hydrogen-bond acceptors (Lipinski definition) is 10. The van der Waals surface area contributed by atoms with E-state index >= 15 is 0 Å². The SMILES string of the molecule is C[C@H]1COCCN1C/C=C/C(=O)N1CCc2c(sc3ncnc(Nc4ccc(Oc5ccc6ncnn6c5)c(Cl)c4)c23)C1. The van der Waals surface area contributed by atoms with Crippen LogP contribution in [0, 0.1) is 0 Å². The van der Waals surface area contributed by atoms with Gasteiger partial charge in [-0.2, -0.15) is 5.10 Å². The summed E-state index contributed by atoms with van der Waals surface area (Å²) in [6.07, 6.45) is 9.21. The lowest BCUT2D eigenvalue weighted by atomic mass is 10.0. The van der Waals surface area contributed by atoms with Crippen LogP contribution < -0.4 is 10.1 Å². The number of carbonyl (C=O) groups is 1. The normalized spacial score (nSPS) is 17.5. The van der Waals surface area contributed by atoms with Gasteiger partial charge in [0.05, 0.1) is 36.4 Å². The van der Waals surface area contributed by atoms with Gasteiger partial charge in [0.25, 0.3) is 0 Å². The van der Waals surface area contributed by atoms with Gasteiger partial charge in [0.1, 0.15) is 34.8 Å². The summed E-state index contributed by atoms with van der Waals surface area (Å²) >= 11 is 8.22. The summed E-state index contributed by atoms with van der Waals surface area (Å²) in [7, 11) is 0. The van der Waals surface area contributed by atoms with Gasteiger partial charge in [-0.25, -0.2) is 19.5 Å². The van der Waals surface area contributed by atoms with E-state index in [4.69, 9.17) is 21.1 Å². The van der Waals surface area contributed by atoms with E-state index < -0.39 is 0 Å². The predicted octanol–water partition coefficient (Wildman–Crippen LogP) is 5.08. The fourth-order valence-electron chi connectivity index (χ4n) is 5.42. The number of nitrogens with one attached hydrogen (secondary N) is 1. The molecule has 1 atom stereocenters. The Bertz CT molecular complexity index is 1840. The molecule has 2 aliphatic heterocycles. The average molecular weight is 617 g/mol. The molecule has 0 saturated carbocycles. The van der Waals surface area contributed by atoms with E-state index in [1.54, 1.807) is 34.5 Å². The Morgan fingerprint density at radius 3 is 3.02 bits per heavy atom. The van der Waals surface area contributed by atoms with Crippen LogP contribution in [0.4, 0.5) is 11.5 Å². The Morgan fingerprint density at radius 2 is 2.14 bits per heavy atom. The standard InChI is InChI=1S/C30H29ClN8O3S/c1-19-16-41-12-11-37(19)9-2-3-27(40)38-10-8-22-25(15-38)43-30-28(22)29(33-17-34-30)36-20-4-6-24(23(31)13-20)42-21-5-7-26-32-18-35-39(26)14-21/h2-7,13-14,17-19H,8-12,15-16H2,1H3,(H,33,34,36)/b3-2+/t19-/m0/s1. The Hall–Kier alpha value is -4.10. The molecule has 220 valence electrons. The molecule has 7 rings (SSSR count). The Kier molecular flexibility index (Phi) is 7.66. The molecule has 5 aromatic rings. The van der Waals surface area contributed by atoms with E-state index in [0.717, 1.165) is 59.2 Å². The third-order valence-corrected chi connectivity index (χ3v) is 9.14. The Balaban J connectivity index is 1.04. The van der Waals surface area contributed by atoms with E-state index in [2.05, 4.69) is 37.2 Å². The number of thiophene rings is 1. The lowest BCUT2D eigenvalue weighted by molar-refractivity contribution is -0.126. The maximum atomic E-state index is 13.0. The van der Waals surface area contributed by atoms with Crippen LogP contribution in [0.1, 0.15) is 17.4 Å². The van der Waals surface area contributed by atoms with Crippen molar-refractivity contribution in [2.24, 2.45) is 0 Å². The zero-order valence-electron chi connectivity index (χ0n) is 23.4. The highest BCUT2D eigenvalue weighted by Gasteiger charge is 2.26. The molecule has 0 unspecified atom stereocenters. The number of ether oxygens (including phenoxy) is 2. The molecule has 0 radical (unpaired) electrons. The highest BCUT2D eigenvalue weighted by molar-refractivity contribution is 7.19. The number of fused-ring (bicyclic) bond motifs is 4. The number of pyridine rings is 1. The summed E-state index contributed by atoms with van der Waals surface area (Å²) in [5.74, 6) is 1.86. The monoisotopic (exact) mass is 616 g/mol.